The van der Waals surface area contributed by atoms with Crippen molar-refractivity contribution in [1.82, 2.24) is 0 Å². The van der Waals surface area contributed by atoms with Crippen LogP contribution < -0.4 is 13.8 Å². The van der Waals surface area contributed by atoms with E-state index in [2.05, 4.69) is 36.6 Å². The van der Waals surface area contributed by atoms with Gasteiger partial charge in [0.15, 0.2) is 12.5 Å². The first kappa shape index (κ1) is 26.6. The lowest BCUT2D eigenvalue weighted by Crippen LogP contribution is -2.30. The summed E-state index contributed by atoms with van der Waals surface area (Å²) in [6, 6.07) is 5.30. The molecule has 0 aliphatic carbocycles. The molecule has 14 heteroatoms. The SMILES string of the molecule is BrCBr.COC(=O)c1cc2c(c(C(F)(F)F)c1)OCN2S(=O)(=O)c1cc(Cl)ccc1OC. The Kier molecular flexibility index (Phi) is 8.70. The first-order valence-electron chi connectivity index (χ1n) is 8.36. The number of alkyl halides is 5. The molecule has 1 aliphatic rings. The topological polar surface area (TPSA) is 82.1 Å². The van der Waals surface area contributed by atoms with Gasteiger partial charge in [-0.15, -0.1) is 0 Å². The Hall–Kier alpha value is -1.70. The Labute approximate surface area is 203 Å². The number of anilines is 1. The van der Waals surface area contributed by atoms with E-state index in [-0.39, 0.29) is 15.7 Å². The smallest absolute Gasteiger partial charge is 0.420 e. The monoisotopic (exact) mass is 623 g/mol. The molecule has 0 bridgehead atoms. The Balaban J connectivity index is 0.00000114. The average molecular weight is 626 g/mol. The number of nitrogens with zero attached hydrogens (tertiary/aromatic N) is 1. The second-order valence-electron chi connectivity index (χ2n) is 5.88. The number of hydrogen-bond acceptors (Lipinski definition) is 6. The summed E-state index contributed by atoms with van der Waals surface area (Å²) in [4.78, 5) is 11.5. The highest BCUT2D eigenvalue weighted by atomic mass is 79.9. The molecule has 176 valence electrons. The number of halogens is 6. The average Bonchev–Trinajstić information content (AvgIpc) is 3.17. The minimum Gasteiger partial charge on any atom is -0.495 e. The number of sulfonamides is 1. The van der Waals surface area contributed by atoms with Gasteiger partial charge in [0.1, 0.15) is 16.2 Å². The van der Waals surface area contributed by atoms with Crippen molar-refractivity contribution < 1.29 is 40.6 Å². The first-order chi connectivity index (χ1) is 14.9. The fourth-order valence-electron chi connectivity index (χ4n) is 2.76. The molecule has 0 unspecified atom stereocenters. The lowest BCUT2D eigenvalue weighted by Gasteiger charge is -2.19. The van der Waals surface area contributed by atoms with Gasteiger partial charge in [-0.1, -0.05) is 43.5 Å². The van der Waals surface area contributed by atoms with Gasteiger partial charge >= 0.3 is 12.1 Å². The molecule has 32 heavy (non-hydrogen) atoms. The number of methoxy groups -OCH3 is 2. The third-order valence-corrected chi connectivity index (χ3v) is 6.08. The zero-order chi connectivity index (χ0) is 24.3. The Bertz CT molecular complexity index is 1110. The van der Waals surface area contributed by atoms with Crippen LogP contribution in [0.1, 0.15) is 15.9 Å². The molecule has 3 rings (SSSR count). The maximum absolute atomic E-state index is 13.5. The van der Waals surface area contributed by atoms with Crippen molar-refractivity contribution in [3.05, 3.63) is 46.5 Å². The van der Waals surface area contributed by atoms with E-state index in [0.717, 1.165) is 23.5 Å². The van der Waals surface area contributed by atoms with Crippen molar-refractivity contribution in [2.24, 2.45) is 0 Å². The molecule has 0 saturated heterocycles. The van der Waals surface area contributed by atoms with Crippen molar-refractivity contribution in [1.29, 1.82) is 0 Å². The molecular weight excluding hydrogens is 611 g/mol. The normalized spacial score (nSPS) is 12.9. The van der Waals surface area contributed by atoms with E-state index < -0.39 is 51.5 Å². The predicted molar refractivity (Wildman–Crippen MR) is 119 cm³/mol. The Morgan fingerprint density at radius 3 is 2.38 bits per heavy atom. The van der Waals surface area contributed by atoms with Gasteiger partial charge in [-0.3, -0.25) is 0 Å². The van der Waals surface area contributed by atoms with E-state index in [9.17, 15) is 26.4 Å². The van der Waals surface area contributed by atoms with Crippen molar-refractivity contribution in [3.63, 3.8) is 0 Å². The molecule has 0 amide bonds. The van der Waals surface area contributed by atoms with E-state index in [1.165, 1.54) is 19.2 Å². The maximum atomic E-state index is 13.5. The fourth-order valence-corrected chi connectivity index (χ4v) is 4.50. The summed E-state index contributed by atoms with van der Waals surface area (Å²) in [6.45, 7) is -0.735. The number of benzene rings is 2. The van der Waals surface area contributed by atoms with E-state index in [1.54, 1.807) is 0 Å². The van der Waals surface area contributed by atoms with Crippen molar-refractivity contribution in [2.75, 3.05) is 29.5 Å². The molecule has 0 atom stereocenters. The van der Waals surface area contributed by atoms with Crippen LogP contribution in [0.25, 0.3) is 0 Å². The molecule has 0 fully saturated rings. The largest absolute Gasteiger partial charge is 0.495 e. The summed E-state index contributed by atoms with van der Waals surface area (Å²) in [7, 11) is -2.23. The van der Waals surface area contributed by atoms with Crippen LogP contribution in [0.3, 0.4) is 0 Å². The number of esters is 1. The van der Waals surface area contributed by atoms with E-state index in [0.29, 0.717) is 10.4 Å². The molecule has 1 heterocycles. The minimum absolute atomic E-state index is 0.0667. The van der Waals surface area contributed by atoms with Crippen LogP contribution in [0.5, 0.6) is 11.5 Å². The Morgan fingerprint density at radius 2 is 1.84 bits per heavy atom. The number of rotatable bonds is 4. The number of hydrogen-bond donors (Lipinski definition) is 0. The molecule has 0 saturated carbocycles. The second kappa shape index (κ2) is 10.5. The van der Waals surface area contributed by atoms with Gasteiger partial charge in [0.2, 0.25) is 0 Å². The highest BCUT2D eigenvalue weighted by Crippen LogP contribution is 2.47. The van der Waals surface area contributed by atoms with E-state index in [1.807, 2.05) is 0 Å². The zero-order valence-corrected chi connectivity index (χ0v) is 21.1. The van der Waals surface area contributed by atoms with Crippen molar-refractivity contribution in [3.8, 4) is 11.5 Å². The number of fused-ring (bicyclic) bond motifs is 1. The fraction of sp³-hybridized carbons (Fsp3) is 0.278. The number of ether oxygens (including phenoxy) is 3. The van der Waals surface area contributed by atoms with Crippen LogP contribution in [0.4, 0.5) is 18.9 Å². The van der Waals surface area contributed by atoms with Gasteiger partial charge < -0.3 is 14.2 Å². The van der Waals surface area contributed by atoms with Crippen molar-refractivity contribution in [2.45, 2.75) is 11.1 Å². The number of carbonyl (C=O) groups excluding carboxylic acids is 1. The molecular formula is C18H15Br2ClF3NO6S. The molecule has 0 N–H and O–H groups in total. The summed E-state index contributed by atoms with van der Waals surface area (Å²) in [5.74, 6) is -1.85. The van der Waals surface area contributed by atoms with Gasteiger partial charge in [0.05, 0.1) is 29.7 Å². The molecule has 2 aromatic carbocycles. The van der Waals surface area contributed by atoms with Gasteiger partial charge in [0, 0.05) is 5.02 Å². The molecule has 7 nitrogen and oxygen atoms in total. The van der Waals surface area contributed by atoms with Gasteiger partial charge in [-0.25, -0.2) is 17.5 Å². The van der Waals surface area contributed by atoms with Crippen LogP contribution in [-0.2, 0) is 20.9 Å². The summed E-state index contributed by atoms with van der Waals surface area (Å²) in [5.41, 5.74) is -2.24. The van der Waals surface area contributed by atoms with E-state index in [4.69, 9.17) is 21.1 Å². The van der Waals surface area contributed by atoms with Gasteiger partial charge in [-0.05, 0) is 30.3 Å². The predicted octanol–water partition coefficient (Wildman–Crippen LogP) is 5.43. The number of carbonyl (C=O) groups is 1. The third-order valence-electron chi connectivity index (χ3n) is 4.08. The minimum atomic E-state index is -4.90. The first-order valence-corrected chi connectivity index (χ1v) is 12.4. The summed E-state index contributed by atoms with van der Waals surface area (Å²) in [6.07, 6.45) is -4.90. The summed E-state index contributed by atoms with van der Waals surface area (Å²) >= 11 is 12.0. The highest BCUT2D eigenvalue weighted by Gasteiger charge is 2.43. The maximum Gasteiger partial charge on any atom is 0.420 e. The van der Waals surface area contributed by atoms with Crippen LogP contribution in [-0.4, -0.2) is 39.6 Å². The van der Waals surface area contributed by atoms with Crippen molar-refractivity contribution >= 4 is 65.1 Å². The summed E-state index contributed by atoms with van der Waals surface area (Å²) in [5, 5.41) is 0.0732. The summed E-state index contributed by atoms with van der Waals surface area (Å²) < 4.78 is 82.7. The van der Waals surface area contributed by atoms with Crippen LogP contribution in [0, 0.1) is 0 Å². The third kappa shape index (κ3) is 5.43. The van der Waals surface area contributed by atoms with Crippen LogP contribution >= 0.6 is 43.5 Å². The molecule has 0 aromatic heterocycles. The molecule has 1 aliphatic heterocycles. The lowest BCUT2D eigenvalue weighted by atomic mass is 10.1. The second-order valence-corrected chi connectivity index (χ2v) is 10.8. The lowest BCUT2D eigenvalue weighted by molar-refractivity contribution is -0.138. The van der Waals surface area contributed by atoms with Gasteiger partial charge in [0.25, 0.3) is 10.0 Å². The standard InChI is InChI=1S/C17H13ClF3NO6S.CH2Br2/c1-26-13-4-3-10(18)7-14(13)29(24,25)22-8-28-15-11(17(19,20)21)5-9(6-12(15)22)16(23)27-2;2-1-3/h3-7H,8H2,1-2H3;1H2. The highest BCUT2D eigenvalue weighted by molar-refractivity contribution is 9.24. The van der Waals surface area contributed by atoms with Crippen LogP contribution in [0.2, 0.25) is 5.02 Å². The Morgan fingerprint density at radius 1 is 1.22 bits per heavy atom. The molecule has 0 spiro atoms. The molecule has 2 aromatic rings. The molecule has 0 radical (unpaired) electrons. The quantitative estimate of drug-likeness (QED) is 0.333. The van der Waals surface area contributed by atoms with E-state index >= 15 is 0 Å². The van der Waals surface area contributed by atoms with Crippen LogP contribution in [0.15, 0.2) is 35.2 Å². The zero-order valence-electron chi connectivity index (χ0n) is 16.4. The van der Waals surface area contributed by atoms with Gasteiger partial charge in [-0.2, -0.15) is 13.2 Å².